The first-order valence-electron chi connectivity index (χ1n) is 6.78. The van der Waals surface area contributed by atoms with E-state index in [9.17, 15) is 0 Å². The van der Waals surface area contributed by atoms with Crippen molar-refractivity contribution in [3.8, 4) is 0 Å². The SMILES string of the molecule is CC(C)(N)CCc1nc(C2CC3CCC2O3)no1. The van der Waals surface area contributed by atoms with Crippen molar-refractivity contribution < 1.29 is 9.26 Å². The van der Waals surface area contributed by atoms with Gasteiger partial charge in [0, 0.05) is 12.0 Å². The van der Waals surface area contributed by atoms with Crippen LogP contribution in [0.4, 0.5) is 0 Å². The van der Waals surface area contributed by atoms with Crippen molar-refractivity contribution in [2.75, 3.05) is 0 Å². The Morgan fingerprint density at radius 1 is 1.39 bits per heavy atom. The zero-order valence-corrected chi connectivity index (χ0v) is 11.1. The zero-order chi connectivity index (χ0) is 12.8. The highest BCUT2D eigenvalue weighted by atomic mass is 16.5. The third kappa shape index (κ3) is 2.42. The van der Waals surface area contributed by atoms with Crippen LogP contribution in [-0.2, 0) is 11.2 Å². The van der Waals surface area contributed by atoms with E-state index in [1.54, 1.807) is 0 Å². The molecule has 0 aromatic carbocycles. The monoisotopic (exact) mass is 251 g/mol. The maximum absolute atomic E-state index is 5.95. The minimum atomic E-state index is -0.190. The Hall–Kier alpha value is -0.940. The van der Waals surface area contributed by atoms with Crippen LogP contribution >= 0.6 is 0 Å². The van der Waals surface area contributed by atoms with Crippen LogP contribution in [-0.4, -0.2) is 27.9 Å². The molecule has 5 nitrogen and oxygen atoms in total. The summed E-state index contributed by atoms with van der Waals surface area (Å²) in [5, 5.41) is 4.11. The Kier molecular flexibility index (Phi) is 2.90. The lowest BCUT2D eigenvalue weighted by Crippen LogP contribution is -2.32. The van der Waals surface area contributed by atoms with E-state index in [2.05, 4.69) is 10.1 Å². The van der Waals surface area contributed by atoms with Gasteiger partial charge in [-0.25, -0.2) is 0 Å². The molecular formula is C13H21N3O2. The summed E-state index contributed by atoms with van der Waals surface area (Å²) >= 11 is 0. The summed E-state index contributed by atoms with van der Waals surface area (Å²) in [5.41, 5.74) is 5.76. The van der Waals surface area contributed by atoms with Crippen molar-refractivity contribution in [3.05, 3.63) is 11.7 Å². The number of aryl methyl sites for hydroxylation is 1. The summed E-state index contributed by atoms with van der Waals surface area (Å²) in [6, 6.07) is 0. The fourth-order valence-electron chi connectivity index (χ4n) is 2.86. The second-order valence-electron chi connectivity index (χ2n) is 6.25. The molecule has 1 aromatic rings. The first-order chi connectivity index (χ1) is 8.51. The Balaban J connectivity index is 1.63. The van der Waals surface area contributed by atoms with Crippen LogP contribution in [0.5, 0.6) is 0 Å². The number of hydrogen-bond donors (Lipinski definition) is 1. The maximum atomic E-state index is 5.95. The van der Waals surface area contributed by atoms with Gasteiger partial charge in [0.05, 0.1) is 18.1 Å². The van der Waals surface area contributed by atoms with Gasteiger partial charge in [0.1, 0.15) is 0 Å². The predicted molar refractivity (Wildman–Crippen MR) is 66.1 cm³/mol. The van der Waals surface area contributed by atoms with Crippen LogP contribution < -0.4 is 5.73 Å². The molecule has 1 aromatic heterocycles. The summed E-state index contributed by atoms with van der Waals surface area (Å²) in [6.45, 7) is 4.02. The van der Waals surface area contributed by atoms with Crippen molar-refractivity contribution >= 4 is 0 Å². The average Bonchev–Trinajstić information content (AvgIpc) is 3.01. The predicted octanol–water partition coefficient (Wildman–Crippen LogP) is 1.77. The third-order valence-corrected chi connectivity index (χ3v) is 3.90. The molecule has 2 aliphatic rings. The number of aromatic nitrogens is 2. The summed E-state index contributed by atoms with van der Waals surface area (Å²) in [6.07, 6.45) is 5.70. The van der Waals surface area contributed by atoms with Gasteiger partial charge in [0.25, 0.3) is 0 Å². The fraction of sp³-hybridized carbons (Fsp3) is 0.846. The van der Waals surface area contributed by atoms with Gasteiger partial charge in [-0.3, -0.25) is 0 Å². The van der Waals surface area contributed by atoms with Gasteiger partial charge >= 0.3 is 0 Å². The summed E-state index contributed by atoms with van der Waals surface area (Å²) in [7, 11) is 0. The van der Waals surface area contributed by atoms with Gasteiger partial charge in [-0.15, -0.1) is 0 Å². The molecule has 100 valence electrons. The van der Waals surface area contributed by atoms with Crippen molar-refractivity contribution in [1.82, 2.24) is 10.1 Å². The molecule has 2 aliphatic heterocycles. The van der Waals surface area contributed by atoms with E-state index < -0.39 is 0 Å². The number of rotatable bonds is 4. The number of fused-ring (bicyclic) bond motifs is 2. The molecule has 0 amide bonds. The lowest BCUT2D eigenvalue weighted by molar-refractivity contribution is 0.0996. The van der Waals surface area contributed by atoms with E-state index in [4.69, 9.17) is 15.0 Å². The largest absolute Gasteiger partial charge is 0.374 e. The van der Waals surface area contributed by atoms with E-state index in [-0.39, 0.29) is 5.54 Å². The topological polar surface area (TPSA) is 74.2 Å². The van der Waals surface area contributed by atoms with E-state index in [1.807, 2.05) is 13.8 Å². The van der Waals surface area contributed by atoms with Gasteiger partial charge in [-0.1, -0.05) is 5.16 Å². The third-order valence-electron chi connectivity index (χ3n) is 3.90. The number of ether oxygens (including phenoxy) is 1. The van der Waals surface area contributed by atoms with Gasteiger partial charge in [0.15, 0.2) is 5.82 Å². The van der Waals surface area contributed by atoms with Crippen molar-refractivity contribution in [1.29, 1.82) is 0 Å². The molecule has 2 N–H and O–H groups in total. The van der Waals surface area contributed by atoms with Gasteiger partial charge in [-0.2, -0.15) is 4.98 Å². The quantitative estimate of drug-likeness (QED) is 0.882. The Morgan fingerprint density at radius 2 is 2.22 bits per heavy atom. The Bertz CT molecular complexity index is 424. The van der Waals surface area contributed by atoms with Crippen LogP contribution in [0.3, 0.4) is 0 Å². The van der Waals surface area contributed by atoms with E-state index >= 15 is 0 Å². The molecule has 0 spiro atoms. The molecule has 0 radical (unpaired) electrons. The molecule has 2 saturated heterocycles. The van der Waals surface area contributed by atoms with Crippen molar-refractivity contribution in [2.24, 2.45) is 5.73 Å². The normalized spacial score (nSPS) is 31.2. The van der Waals surface area contributed by atoms with Gasteiger partial charge < -0.3 is 15.0 Å². The zero-order valence-electron chi connectivity index (χ0n) is 11.1. The first kappa shape index (κ1) is 12.1. The molecular weight excluding hydrogens is 230 g/mol. The van der Waals surface area contributed by atoms with E-state index in [0.29, 0.717) is 24.0 Å². The van der Waals surface area contributed by atoms with Gasteiger partial charge in [0.2, 0.25) is 5.89 Å². The lowest BCUT2D eigenvalue weighted by Gasteiger charge is -2.16. The van der Waals surface area contributed by atoms with Crippen molar-refractivity contribution in [2.45, 2.75) is 69.6 Å². The highest BCUT2D eigenvalue weighted by molar-refractivity contribution is 5.06. The second kappa shape index (κ2) is 4.31. The highest BCUT2D eigenvalue weighted by Gasteiger charge is 2.43. The molecule has 0 aliphatic carbocycles. The van der Waals surface area contributed by atoms with Crippen molar-refractivity contribution in [3.63, 3.8) is 0 Å². The summed E-state index contributed by atoms with van der Waals surface area (Å²) < 4.78 is 11.1. The highest BCUT2D eigenvalue weighted by Crippen LogP contribution is 2.43. The average molecular weight is 251 g/mol. The molecule has 3 rings (SSSR count). The first-order valence-corrected chi connectivity index (χ1v) is 6.78. The molecule has 2 bridgehead atoms. The number of hydrogen-bond acceptors (Lipinski definition) is 5. The number of nitrogens with two attached hydrogens (primary N) is 1. The summed E-state index contributed by atoms with van der Waals surface area (Å²) in [5.74, 6) is 1.87. The van der Waals surface area contributed by atoms with Crippen LogP contribution in [0, 0.1) is 0 Å². The van der Waals surface area contributed by atoms with E-state index in [0.717, 1.165) is 31.5 Å². The van der Waals surface area contributed by atoms with Crippen LogP contribution in [0.1, 0.15) is 57.2 Å². The van der Waals surface area contributed by atoms with Gasteiger partial charge in [-0.05, 0) is 39.5 Å². The Morgan fingerprint density at radius 3 is 2.83 bits per heavy atom. The second-order valence-corrected chi connectivity index (χ2v) is 6.25. The smallest absolute Gasteiger partial charge is 0.226 e. The number of nitrogens with zero attached hydrogens (tertiary/aromatic N) is 2. The lowest BCUT2D eigenvalue weighted by atomic mass is 9.89. The maximum Gasteiger partial charge on any atom is 0.226 e. The molecule has 5 heteroatoms. The summed E-state index contributed by atoms with van der Waals surface area (Å²) in [4.78, 5) is 4.50. The Labute approximate surface area is 107 Å². The van der Waals surface area contributed by atoms with Crippen LogP contribution in [0.2, 0.25) is 0 Å². The van der Waals surface area contributed by atoms with Crippen LogP contribution in [0.15, 0.2) is 4.52 Å². The van der Waals surface area contributed by atoms with E-state index in [1.165, 1.54) is 6.42 Å². The molecule has 0 saturated carbocycles. The van der Waals surface area contributed by atoms with Crippen LogP contribution in [0.25, 0.3) is 0 Å². The molecule has 3 unspecified atom stereocenters. The molecule has 18 heavy (non-hydrogen) atoms. The molecule has 2 fully saturated rings. The molecule has 3 atom stereocenters. The molecule has 3 heterocycles. The standard InChI is InChI=1S/C13H21N3O2/c1-13(2,14)6-5-11-15-12(16-18-11)9-7-8-3-4-10(9)17-8/h8-10H,3-7,14H2,1-2H3. The minimum Gasteiger partial charge on any atom is -0.374 e. The fourth-order valence-corrected chi connectivity index (χ4v) is 2.86. The minimum absolute atomic E-state index is 0.190.